The molecule has 6 heteroatoms. The van der Waals surface area contributed by atoms with E-state index in [9.17, 15) is 9.59 Å². The summed E-state index contributed by atoms with van der Waals surface area (Å²) in [5, 5.41) is 0. The first kappa shape index (κ1) is 16.6. The molecule has 2 aliphatic rings. The van der Waals surface area contributed by atoms with Gasteiger partial charge in [0.15, 0.2) is 6.10 Å². The Morgan fingerprint density at radius 1 is 1.00 bits per heavy atom. The second kappa shape index (κ2) is 6.78. The summed E-state index contributed by atoms with van der Waals surface area (Å²) < 4.78 is 5.90. The zero-order valence-electron chi connectivity index (χ0n) is 14.7. The number of carbonyl (C=O) groups is 2. The van der Waals surface area contributed by atoms with E-state index in [1.54, 1.807) is 29.4 Å². The van der Waals surface area contributed by atoms with Crippen LogP contribution in [0.15, 0.2) is 48.8 Å². The second-order valence-corrected chi connectivity index (χ2v) is 6.72. The zero-order chi connectivity index (χ0) is 18.1. The van der Waals surface area contributed by atoms with Crippen LogP contribution in [0.2, 0.25) is 0 Å². The van der Waals surface area contributed by atoms with Crippen molar-refractivity contribution in [2.24, 2.45) is 0 Å². The van der Waals surface area contributed by atoms with Gasteiger partial charge in [0, 0.05) is 55.6 Å². The second-order valence-electron chi connectivity index (χ2n) is 6.72. The third-order valence-electron chi connectivity index (χ3n) is 5.17. The number of fused-ring (bicyclic) bond motifs is 1. The number of rotatable bonds is 2. The highest BCUT2D eigenvalue weighted by Crippen LogP contribution is 2.38. The van der Waals surface area contributed by atoms with E-state index in [-0.39, 0.29) is 17.7 Å². The SMILES string of the molecule is C[C@@H]1c2ccccc2O[C@@H]1C(=O)N1CCN(C(=O)c2ccncc2)CC1. The van der Waals surface area contributed by atoms with Crippen LogP contribution in [0.25, 0.3) is 0 Å². The lowest BCUT2D eigenvalue weighted by Gasteiger charge is -2.36. The summed E-state index contributed by atoms with van der Waals surface area (Å²) in [6, 6.07) is 11.2. The number of para-hydroxylation sites is 1. The van der Waals surface area contributed by atoms with E-state index < -0.39 is 6.10 Å². The van der Waals surface area contributed by atoms with Gasteiger partial charge in [-0.2, -0.15) is 0 Å². The number of nitrogens with zero attached hydrogens (tertiary/aromatic N) is 3. The monoisotopic (exact) mass is 351 g/mol. The van der Waals surface area contributed by atoms with Gasteiger partial charge in [0.25, 0.3) is 11.8 Å². The lowest BCUT2D eigenvalue weighted by Crippen LogP contribution is -2.53. The maximum absolute atomic E-state index is 12.9. The minimum atomic E-state index is -0.477. The standard InChI is InChI=1S/C20H21N3O3/c1-14-16-4-2-3-5-17(16)26-18(14)20(25)23-12-10-22(11-13-23)19(24)15-6-8-21-9-7-15/h2-9,14,18H,10-13H2,1H3/t14-,18+/m1/s1. The molecule has 1 fully saturated rings. The highest BCUT2D eigenvalue weighted by atomic mass is 16.5. The summed E-state index contributed by atoms with van der Waals surface area (Å²) >= 11 is 0. The molecule has 0 N–H and O–H groups in total. The molecule has 2 amide bonds. The lowest BCUT2D eigenvalue weighted by atomic mass is 9.96. The molecule has 0 bridgehead atoms. The number of pyridine rings is 1. The first-order valence-electron chi connectivity index (χ1n) is 8.89. The van der Waals surface area contributed by atoms with Gasteiger partial charge < -0.3 is 14.5 Å². The first-order chi connectivity index (χ1) is 12.6. The third-order valence-corrected chi connectivity index (χ3v) is 5.17. The Balaban J connectivity index is 1.38. The van der Waals surface area contributed by atoms with E-state index in [0.29, 0.717) is 31.7 Å². The van der Waals surface area contributed by atoms with Gasteiger partial charge in [-0.05, 0) is 18.2 Å². The summed E-state index contributed by atoms with van der Waals surface area (Å²) in [5.41, 5.74) is 1.71. The van der Waals surface area contributed by atoms with Gasteiger partial charge in [-0.3, -0.25) is 14.6 Å². The van der Waals surface area contributed by atoms with Crippen molar-refractivity contribution in [1.82, 2.24) is 14.8 Å². The quantitative estimate of drug-likeness (QED) is 0.829. The number of ether oxygens (including phenoxy) is 1. The fourth-order valence-corrected chi connectivity index (χ4v) is 3.62. The van der Waals surface area contributed by atoms with Gasteiger partial charge >= 0.3 is 0 Å². The summed E-state index contributed by atoms with van der Waals surface area (Å²) in [4.78, 5) is 33.0. The normalized spacial score (nSPS) is 21.9. The topological polar surface area (TPSA) is 62.7 Å². The Morgan fingerprint density at radius 3 is 2.35 bits per heavy atom. The Labute approximate surface area is 152 Å². The lowest BCUT2D eigenvalue weighted by molar-refractivity contribution is -0.140. The minimum Gasteiger partial charge on any atom is -0.480 e. The molecule has 0 radical (unpaired) electrons. The molecule has 0 saturated carbocycles. The number of benzene rings is 1. The van der Waals surface area contributed by atoms with Gasteiger partial charge in [0.1, 0.15) is 5.75 Å². The van der Waals surface area contributed by atoms with Crippen LogP contribution in [0, 0.1) is 0 Å². The maximum atomic E-state index is 12.9. The van der Waals surface area contributed by atoms with Crippen molar-refractivity contribution in [2.45, 2.75) is 18.9 Å². The summed E-state index contributed by atoms with van der Waals surface area (Å²) in [6.45, 7) is 4.14. The smallest absolute Gasteiger partial charge is 0.264 e. The number of carbonyl (C=O) groups excluding carboxylic acids is 2. The summed E-state index contributed by atoms with van der Waals surface area (Å²) in [7, 11) is 0. The minimum absolute atomic E-state index is 0.00436. The molecule has 3 heterocycles. The van der Waals surface area contributed by atoms with Gasteiger partial charge in [-0.25, -0.2) is 0 Å². The maximum Gasteiger partial charge on any atom is 0.264 e. The van der Waals surface area contributed by atoms with Crippen LogP contribution < -0.4 is 4.74 Å². The van der Waals surface area contributed by atoms with E-state index in [4.69, 9.17) is 4.74 Å². The van der Waals surface area contributed by atoms with Crippen LogP contribution in [-0.2, 0) is 4.79 Å². The number of amides is 2. The Morgan fingerprint density at radius 2 is 1.65 bits per heavy atom. The van der Waals surface area contributed by atoms with Crippen LogP contribution >= 0.6 is 0 Å². The van der Waals surface area contributed by atoms with Gasteiger partial charge in [-0.1, -0.05) is 25.1 Å². The van der Waals surface area contributed by atoms with E-state index in [1.807, 2.05) is 36.1 Å². The van der Waals surface area contributed by atoms with Crippen LogP contribution in [0.5, 0.6) is 5.75 Å². The van der Waals surface area contributed by atoms with Crippen molar-refractivity contribution in [1.29, 1.82) is 0 Å². The molecular weight excluding hydrogens is 330 g/mol. The fraction of sp³-hybridized carbons (Fsp3) is 0.350. The van der Waals surface area contributed by atoms with Crippen LogP contribution in [0.4, 0.5) is 0 Å². The summed E-state index contributed by atoms with van der Waals surface area (Å²) in [6.07, 6.45) is 2.75. The van der Waals surface area contributed by atoms with Crippen molar-refractivity contribution in [2.75, 3.05) is 26.2 Å². The highest BCUT2D eigenvalue weighted by Gasteiger charge is 2.39. The highest BCUT2D eigenvalue weighted by molar-refractivity contribution is 5.94. The molecule has 134 valence electrons. The van der Waals surface area contributed by atoms with Crippen molar-refractivity contribution >= 4 is 11.8 Å². The molecule has 0 aliphatic carbocycles. The molecule has 26 heavy (non-hydrogen) atoms. The largest absolute Gasteiger partial charge is 0.480 e. The molecule has 4 rings (SSSR count). The Bertz CT molecular complexity index is 816. The van der Waals surface area contributed by atoms with Gasteiger partial charge in [-0.15, -0.1) is 0 Å². The molecule has 2 atom stereocenters. The number of hydrogen-bond acceptors (Lipinski definition) is 4. The predicted molar refractivity (Wildman–Crippen MR) is 96.0 cm³/mol. The molecular formula is C20H21N3O3. The van der Waals surface area contributed by atoms with Crippen molar-refractivity contribution in [3.8, 4) is 5.75 Å². The van der Waals surface area contributed by atoms with E-state index in [1.165, 1.54) is 0 Å². The Hall–Kier alpha value is -2.89. The molecule has 1 aromatic heterocycles. The third kappa shape index (κ3) is 2.92. The predicted octanol–water partition coefficient (Wildman–Crippen LogP) is 1.93. The molecule has 1 saturated heterocycles. The number of aromatic nitrogens is 1. The zero-order valence-corrected chi connectivity index (χ0v) is 14.7. The van der Waals surface area contributed by atoms with E-state index in [0.717, 1.165) is 11.3 Å². The molecule has 2 aliphatic heterocycles. The average Bonchev–Trinajstić information content (AvgIpc) is 3.04. The van der Waals surface area contributed by atoms with Crippen LogP contribution in [-0.4, -0.2) is 58.9 Å². The van der Waals surface area contributed by atoms with Crippen LogP contribution in [0.1, 0.15) is 28.8 Å². The molecule has 6 nitrogen and oxygen atoms in total. The Kier molecular flexibility index (Phi) is 4.32. The van der Waals surface area contributed by atoms with Crippen molar-refractivity contribution < 1.29 is 14.3 Å². The van der Waals surface area contributed by atoms with Crippen molar-refractivity contribution in [3.05, 3.63) is 59.9 Å². The van der Waals surface area contributed by atoms with E-state index in [2.05, 4.69) is 4.98 Å². The van der Waals surface area contributed by atoms with Gasteiger partial charge in [0.05, 0.1) is 0 Å². The van der Waals surface area contributed by atoms with E-state index >= 15 is 0 Å². The van der Waals surface area contributed by atoms with Crippen molar-refractivity contribution in [3.63, 3.8) is 0 Å². The number of hydrogen-bond donors (Lipinski definition) is 0. The fourth-order valence-electron chi connectivity index (χ4n) is 3.62. The first-order valence-corrected chi connectivity index (χ1v) is 8.89. The molecule has 0 spiro atoms. The number of piperazine rings is 1. The average molecular weight is 351 g/mol. The summed E-state index contributed by atoms with van der Waals surface area (Å²) in [5.74, 6) is 0.821. The molecule has 1 aromatic carbocycles. The molecule has 2 aromatic rings. The van der Waals surface area contributed by atoms with Gasteiger partial charge in [0.2, 0.25) is 0 Å². The molecule has 0 unspecified atom stereocenters. The van der Waals surface area contributed by atoms with Crippen LogP contribution in [0.3, 0.4) is 0 Å².